The number of carbonyl (C=O) groups is 2. The number of rotatable bonds is 13. The molecule has 3 aromatic rings. The van der Waals surface area contributed by atoms with Crippen LogP contribution in [0.3, 0.4) is 0 Å². The quantitative estimate of drug-likeness (QED) is 0.224. The van der Waals surface area contributed by atoms with E-state index >= 15 is 4.39 Å². The van der Waals surface area contributed by atoms with Gasteiger partial charge in [0.2, 0.25) is 5.91 Å². The number of hydrogen-bond donors (Lipinski definition) is 3. The van der Waals surface area contributed by atoms with Crippen molar-refractivity contribution in [1.82, 2.24) is 14.9 Å². The molecule has 0 radical (unpaired) electrons. The van der Waals surface area contributed by atoms with Crippen LogP contribution in [0.15, 0.2) is 42.5 Å². The highest BCUT2D eigenvalue weighted by Gasteiger charge is 2.32. The molecule has 9 heteroatoms. The molecule has 0 spiro atoms. The normalized spacial score (nSPS) is 13.9. The van der Waals surface area contributed by atoms with Gasteiger partial charge in [-0.05, 0) is 54.9 Å². The number of benzene rings is 2. The summed E-state index contributed by atoms with van der Waals surface area (Å²) < 4.78 is 23.3. The number of amides is 1. The van der Waals surface area contributed by atoms with Gasteiger partial charge in [-0.25, -0.2) is 9.18 Å². The molecule has 208 valence electrons. The lowest BCUT2D eigenvalue weighted by atomic mass is 9.98. The van der Waals surface area contributed by atoms with Crippen LogP contribution < -0.4 is 10.1 Å². The van der Waals surface area contributed by atoms with Crippen molar-refractivity contribution >= 4 is 24.5 Å². The molecule has 1 heterocycles. The van der Waals surface area contributed by atoms with Crippen molar-refractivity contribution in [3.63, 3.8) is 0 Å². The molecule has 7 nitrogen and oxygen atoms in total. The van der Waals surface area contributed by atoms with E-state index in [-0.39, 0.29) is 24.6 Å². The van der Waals surface area contributed by atoms with Gasteiger partial charge in [0.15, 0.2) is 0 Å². The summed E-state index contributed by atoms with van der Waals surface area (Å²) in [5.41, 5.74) is 3.15. The lowest BCUT2D eigenvalue weighted by Crippen LogP contribution is -2.32. The molecule has 1 saturated carbocycles. The zero-order chi connectivity index (χ0) is 28.1. The average Bonchev–Trinajstić information content (AvgIpc) is 3.69. The minimum Gasteiger partial charge on any atom is -0.478 e. The van der Waals surface area contributed by atoms with E-state index in [1.165, 1.54) is 12.1 Å². The molecule has 0 saturated heterocycles. The van der Waals surface area contributed by atoms with Crippen LogP contribution >= 0.6 is 12.6 Å². The Morgan fingerprint density at radius 3 is 2.62 bits per heavy atom. The lowest BCUT2D eigenvalue weighted by Gasteiger charge is -2.17. The fourth-order valence-corrected chi connectivity index (χ4v) is 5.11. The van der Waals surface area contributed by atoms with Crippen LogP contribution in [0.5, 0.6) is 6.01 Å². The molecular weight excluding hydrogens is 517 g/mol. The summed E-state index contributed by atoms with van der Waals surface area (Å²) in [6, 6.07) is 11.7. The van der Waals surface area contributed by atoms with E-state index < -0.39 is 17.0 Å². The Balaban J connectivity index is 1.65. The Kier molecular flexibility index (Phi) is 9.32. The first-order chi connectivity index (χ1) is 18.7. The molecule has 1 atom stereocenters. The summed E-state index contributed by atoms with van der Waals surface area (Å²) in [6.45, 7) is 6.97. The van der Waals surface area contributed by atoms with Crippen LogP contribution in [0, 0.1) is 11.7 Å². The Labute approximate surface area is 234 Å². The number of halogens is 1. The van der Waals surface area contributed by atoms with Crippen LogP contribution in [0.1, 0.15) is 79.7 Å². The van der Waals surface area contributed by atoms with Crippen molar-refractivity contribution in [1.29, 1.82) is 0 Å². The SMILES string of the molecule is CCCOc1nc(C2CC2)c(CNC(=O)C(S)CC(C)C)n1Cc1ccc(-c2ccccc2C(=O)O)cc1F. The van der Waals surface area contributed by atoms with Gasteiger partial charge in [-0.2, -0.15) is 17.6 Å². The fraction of sp³-hybridized carbons (Fsp3) is 0.433. The number of nitrogens with one attached hydrogen (secondary N) is 1. The van der Waals surface area contributed by atoms with Gasteiger partial charge in [-0.3, -0.25) is 9.36 Å². The summed E-state index contributed by atoms with van der Waals surface area (Å²) in [4.78, 5) is 29.2. The summed E-state index contributed by atoms with van der Waals surface area (Å²) >= 11 is 4.47. The van der Waals surface area contributed by atoms with Crippen LogP contribution in [-0.4, -0.2) is 38.4 Å². The molecule has 2 aromatic carbocycles. The first-order valence-electron chi connectivity index (χ1n) is 13.5. The van der Waals surface area contributed by atoms with E-state index in [0.29, 0.717) is 47.6 Å². The highest BCUT2D eigenvalue weighted by Crippen LogP contribution is 2.42. The minimum atomic E-state index is -1.07. The summed E-state index contributed by atoms with van der Waals surface area (Å²) in [6.07, 6.45) is 3.48. The van der Waals surface area contributed by atoms with Crippen LogP contribution in [-0.2, 0) is 17.9 Å². The standard InChI is InChI=1S/C30H36FN3O4S/c1-4-13-38-30-33-27(19-9-10-19)25(16-32-28(35)26(39)14-18(2)3)34(30)17-21-12-11-20(15-24(21)31)22-7-5-6-8-23(22)29(36)37/h5-8,11-12,15,18-19,26,39H,4,9-10,13-14,16-17H2,1-3H3,(H,32,35)(H,36,37). The average molecular weight is 554 g/mol. The van der Waals surface area contributed by atoms with E-state index in [4.69, 9.17) is 9.72 Å². The molecule has 1 aliphatic carbocycles. The Morgan fingerprint density at radius 2 is 1.97 bits per heavy atom. The molecule has 2 N–H and O–H groups in total. The predicted octanol–water partition coefficient (Wildman–Crippen LogP) is 6.06. The third kappa shape index (κ3) is 7.01. The van der Waals surface area contributed by atoms with Gasteiger partial charge in [0.25, 0.3) is 6.01 Å². The van der Waals surface area contributed by atoms with Crippen molar-refractivity contribution in [2.75, 3.05) is 6.61 Å². The second kappa shape index (κ2) is 12.7. The molecule has 1 unspecified atom stereocenters. The van der Waals surface area contributed by atoms with E-state index in [1.807, 2.05) is 25.3 Å². The Bertz CT molecular complexity index is 1340. The number of imidazole rings is 1. The number of carbonyl (C=O) groups excluding carboxylic acids is 1. The van der Waals surface area contributed by atoms with Gasteiger partial charge in [-0.15, -0.1) is 0 Å². The van der Waals surface area contributed by atoms with E-state index in [0.717, 1.165) is 30.7 Å². The molecule has 1 aliphatic rings. The molecule has 0 aliphatic heterocycles. The maximum atomic E-state index is 15.5. The van der Waals surface area contributed by atoms with Crippen molar-refractivity contribution in [2.45, 2.75) is 70.7 Å². The van der Waals surface area contributed by atoms with Crippen LogP contribution in [0.25, 0.3) is 11.1 Å². The number of hydrogen-bond acceptors (Lipinski definition) is 5. The lowest BCUT2D eigenvalue weighted by molar-refractivity contribution is -0.121. The zero-order valence-corrected chi connectivity index (χ0v) is 23.5. The van der Waals surface area contributed by atoms with Gasteiger partial charge < -0.3 is 15.2 Å². The number of nitrogens with zero attached hydrogens (tertiary/aromatic N) is 2. The van der Waals surface area contributed by atoms with Crippen molar-refractivity contribution in [2.24, 2.45) is 5.92 Å². The second-order valence-corrected chi connectivity index (χ2v) is 11.1. The van der Waals surface area contributed by atoms with E-state index in [9.17, 15) is 14.7 Å². The number of aromatic carboxylic acids is 1. The van der Waals surface area contributed by atoms with Gasteiger partial charge in [0, 0.05) is 11.5 Å². The number of ether oxygens (including phenoxy) is 1. The monoisotopic (exact) mass is 553 g/mol. The molecule has 1 fully saturated rings. The molecule has 1 amide bonds. The highest BCUT2D eigenvalue weighted by molar-refractivity contribution is 7.81. The smallest absolute Gasteiger partial charge is 0.336 e. The number of aromatic nitrogens is 2. The van der Waals surface area contributed by atoms with Gasteiger partial charge >= 0.3 is 5.97 Å². The number of carboxylic acid groups (broad SMARTS) is 1. The van der Waals surface area contributed by atoms with Gasteiger partial charge in [0.05, 0.1) is 41.9 Å². The summed E-state index contributed by atoms with van der Waals surface area (Å²) in [7, 11) is 0. The summed E-state index contributed by atoms with van der Waals surface area (Å²) in [5, 5.41) is 12.1. The van der Waals surface area contributed by atoms with E-state index in [1.54, 1.807) is 30.3 Å². The molecule has 39 heavy (non-hydrogen) atoms. The Hall–Kier alpha value is -3.33. The first kappa shape index (κ1) is 28.7. The highest BCUT2D eigenvalue weighted by atomic mass is 32.1. The molecule has 4 rings (SSSR count). The minimum absolute atomic E-state index is 0.113. The van der Waals surface area contributed by atoms with Crippen molar-refractivity contribution in [3.05, 3.63) is 70.8 Å². The third-order valence-corrected chi connectivity index (χ3v) is 7.19. The predicted molar refractivity (Wildman–Crippen MR) is 152 cm³/mol. The van der Waals surface area contributed by atoms with Crippen LogP contribution in [0.2, 0.25) is 0 Å². The first-order valence-corrected chi connectivity index (χ1v) is 14.0. The molecule has 1 aromatic heterocycles. The third-order valence-electron chi connectivity index (χ3n) is 6.75. The number of carboxylic acids is 1. The van der Waals surface area contributed by atoms with Gasteiger partial charge in [0.1, 0.15) is 5.82 Å². The van der Waals surface area contributed by atoms with E-state index in [2.05, 4.69) is 17.9 Å². The second-order valence-electron chi connectivity index (χ2n) is 10.5. The van der Waals surface area contributed by atoms with Crippen molar-refractivity contribution in [3.8, 4) is 17.1 Å². The van der Waals surface area contributed by atoms with Crippen LogP contribution in [0.4, 0.5) is 4.39 Å². The maximum Gasteiger partial charge on any atom is 0.336 e. The summed E-state index contributed by atoms with van der Waals surface area (Å²) in [5.74, 6) is -1.04. The van der Waals surface area contributed by atoms with Crippen molar-refractivity contribution < 1.29 is 23.8 Å². The molecule has 0 bridgehead atoms. The Morgan fingerprint density at radius 1 is 1.23 bits per heavy atom. The maximum absolute atomic E-state index is 15.5. The topological polar surface area (TPSA) is 93.5 Å². The van der Waals surface area contributed by atoms with Gasteiger partial charge in [-0.1, -0.05) is 51.1 Å². The fourth-order valence-electron chi connectivity index (χ4n) is 4.59. The zero-order valence-electron chi connectivity index (χ0n) is 22.6. The largest absolute Gasteiger partial charge is 0.478 e. The number of thiol groups is 1. The molecular formula is C30H36FN3O4S.